The molecule has 1 aromatic rings. The first kappa shape index (κ1) is 24.8. The van der Waals surface area contributed by atoms with Gasteiger partial charge < -0.3 is 9.84 Å². The Morgan fingerprint density at radius 3 is 1.97 bits per heavy atom. The normalized spacial score (nSPS) is 17.7. The first-order chi connectivity index (χ1) is 14.2. The number of fused-ring (bicyclic) bond motifs is 1. The van der Waals surface area contributed by atoms with Crippen molar-refractivity contribution in [2.24, 2.45) is 17.8 Å². The lowest BCUT2D eigenvalue weighted by atomic mass is 9.91. The summed E-state index contributed by atoms with van der Waals surface area (Å²) in [5, 5.41) is 10.3. The van der Waals surface area contributed by atoms with E-state index in [2.05, 4.69) is 46.8 Å². The van der Waals surface area contributed by atoms with Gasteiger partial charge in [-0.2, -0.15) is 0 Å². The van der Waals surface area contributed by atoms with Crippen LogP contribution in [0.1, 0.15) is 108 Å². The van der Waals surface area contributed by atoms with E-state index >= 15 is 0 Å². The first-order valence-corrected chi connectivity index (χ1v) is 12.4. The third-order valence-electron chi connectivity index (χ3n) is 7.07. The lowest BCUT2D eigenvalue weighted by Crippen LogP contribution is -2.18. The Hall–Kier alpha value is -1.44. The van der Waals surface area contributed by atoms with Gasteiger partial charge in [0.15, 0.2) is 0 Å². The van der Waals surface area contributed by atoms with Crippen molar-refractivity contribution in [1.29, 1.82) is 0 Å². The smallest absolute Gasteiger partial charge is 0.131 e. The molecule has 2 rings (SSSR count). The predicted octanol–water partition coefficient (Wildman–Crippen LogP) is 8.53. The van der Waals surface area contributed by atoms with Crippen LogP contribution in [0.4, 0.5) is 0 Å². The molecule has 0 unspecified atom stereocenters. The van der Waals surface area contributed by atoms with Crippen LogP contribution in [-0.2, 0) is 0 Å². The van der Waals surface area contributed by atoms with E-state index in [-0.39, 0.29) is 6.10 Å². The number of hydrogen-bond acceptors (Lipinski definition) is 2. The number of phenolic OH excluding ortho intramolecular Hbond substituents is 1. The number of rotatable bonds is 12. The molecule has 0 amide bonds. The Kier molecular flexibility index (Phi) is 9.78. The number of aromatic hydroxyl groups is 1. The van der Waals surface area contributed by atoms with E-state index in [0.717, 1.165) is 52.2 Å². The van der Waals surface area contributed by atoms with Gasteiger partial charge in [0.2, 0.25) is 0 Å². The van der Waals surface area contributed by atoms with E-state index < -0.39 is 0 Å². The van der Waals surface area contributed by atoms with Crippen LogP contribution in [0.15, 0.2) is 6.08 Å². The summed E-state index contributed by atoms with van der Waals surface area (Å²) in [6, 6.07) is 0. The van der Waals surface area contributed by atoms with Gasteiger partial charge in [-0.3, -0.25) is 0 Å². The van der Waals surface area contributed by atoms with E-state index in [4.69, 9.17) is 4.74 Å². The molecule has 0 saturated heterocycles. The predicted molar refractivity (Wildman–Crippen MR) is 130 cm³/mol. The minimum Gasteiger partial charge on any atom is -0.507 e. The van der Waals surface area contributed by atoms with Crippen LogP contribution in [0.25, 0.3) is 6.08 Å². The van der Waals surface area contributed by atoms with Crippen LogP contribution < -0.4 is 4.74 Å². The second-order valence-electron chi connectivity index (χ2n) is 10.4. The Labute approximate surface area is 186 Å². The lowest BCUT2D eigenvalue weighted by Gasteiger charge is -2.26. The zero-order chi connectivity index (χ0) is 22.3. The molecule has 0 aliphatic carbocycles. The molecule has 0 saturated carbocycles. The summed E-state index contributed by atoms with van der Waals surface area (Å²) in [6.45, 7) is 15.5. The fourth-order valence-corrected chi connectivity index (χ4v) is 4.68. The summed E-state index contributed by atoms with van der Waals surface area (Å²) in [7, 11) is 0. The van der Waals surface area contributed by atoms with Gasteiger partial charge in [-0.1, -0.05) is 78.7 Å². The highest BCUT2D eigenvalue weighted by atomic mass is 16.5. The van der Waals surface area contributed by atoms with Crippen molar-refractivity contribution in [2.75, 3.05) is 0 Å². The molecule has 0 spiro atoms. The molecule has 1 aliphatic heterocycles. The fraction of sp³-hybridized carbons (Fsp3) is 0.714. The molecular formula is C28H46O2. The van der Waals surface area contributed by atoms with E-state index in [1.54, 1.807) is 0 Å². The summed E-state index contributed by atoms with van der Waals surface area (Å²) in [5.74, 6) is 3.90. The van der Waals surface area contributed by atoms with Gasteiger partial charge in [0.05, 0.1) is 0 Å². The summed E-state index contributed by atoms with van der Waals surface area (Å²) in [6.07, 6.45) is 16.3. The third-order valence-corrected chi connectivity index (χ3v) is 7.07. The van der Waals surface area contributed by atoms with Crippen molar-refractivity contribution in [1.82, 2.24) is 0 Å². The van der Waals surface area contributed by atoms with Gasteiger partial charge in [0.1, 0.15) is 17.6 Å². The molecule has 1 N–H and O–H groups in total. The van der Waals surface area contributed by atoms with Crippen molar-refractivity contribution in [3.63, 3.8) is 0 Å². The van der Waals surface area contributed by atoms with Gasteiger partial charge in [-0.15, -0.1) is 0 Å². The largest absolute Gasteiger partial charge is 0.507 e. The van der Waals surface area contributed by atoms with E-state index in [1.807, 2.05) is 13.8 Å². The lowest BCUT2D eigenvalue weighted by molar-refractivity contribution is 0.224. The molecule has 0 fully saturated rings. The van der Waals surface area contributed by atoms with Crippen molar-refractivity contribution < 1.29 is 9.84 Å². The van der Waals surface area contributed by atoms with Crippen molar-refractivity contribution >= 4 is 6.08 Å². The van der Waals surface area contributed by atoms with Gasteiger partial charge in [-0.05, 0) is 68.6 Å². The van der Waals surface area contributed by atoms with E-state index in [0.29, 0.717) is 5.75 Å². The van der Waals surface area contributed by atoms with Crippen molar-refractivity contribution in [3.8, 4) is 11.5 Å². The Morgan fingerprint density at radius 2 is 1.37 bits per heavy atom. The summed E-state index contributed by atoms with van der Waals surface area (Å²) in [5.41, 5.74) is 3.98. The SMILES string of the molecule is Cc1c(C)c2c(c(C)c1O)C=C[C@@H](CCC[C@@H](C)CCC[C@@H](C)CCCC(C)C)O2. The van der Waals surface area contributed by atoms with Crippen LogP contribution in [0, 0.1) is 38.5 Å². The molecule has 1 aromatic carbocycles. The standard InChI is InChI=1S/C28H46O2/c1-19(2)11-8-12-20(3)13-9-14-21(4)15-10-16-25-17-18-26-24(7)27(29)22(5)23(6)28(26)30-25/h17-21,25,29H,8-16H2,1-7H3/t20-,21-,25+/m0/s1. The Balaban J connectivity index is 1.68. The maximum absolute atomic E-state index is 10.3. The molecule has 2 nitrogen and oxygen atoms in total. The highest BCUT2D eigenvalue weighted by Gasteiger charge is 2.22. The number of phenols is 1. The quantitative estimate of drug-likeness (QED) is 0.371. The molecule has 0 radical (unpaired) electrons. The number of ether oxygens (including phenoxy) is 1. The van der Waals surface area contributed by atoms with E-state index in [1.165, 1.54) is 51.4 Å². The van der Waals surface area contributed by atoms with Gasteiger partial charge in [0.25, 0.3) is 0 Å². The first-order valence-electron chi connectivity index (χ1n) is 12.4. The van der Waals surface area contributed by atoms with Crippen LogP contribution in [0.2, 0.25) is 0 Å². The summed E-state index contributed by atoms with van der Waals surface area (Å²) < 4.78 is 6.33. The second-order valence-corrected chi connectivity index (χ2v) is 10.4. The molecule has 0 bridgehead atoms. The molecule has 1 heterocycles. The zero-order valence-electron chi connectivity index (χ0n) is 20.7. The van der Waals surface area contributed by atoms with Crippen LogP contribution in [-0.4, -0.2) is 11.2 Å². The second kappa shape index (κ2) is 11.8. The maximum atomic E-state index is 10.3. The van der Waals surface area contributed by atoms with Crippen molar-refractivity contribution in [2.45, 2.75) is 112 Å². The highest BCUT2D eigenvalue weighted by molar-refractivity contribution is 5.70. The summed E-state index contributed by atoms with van der Waals surface area (Å²) >= 11 is 0. The molecule has 170 valence electrons. The van der Waals surface area contributed by atoms with Crippen LogP contribution in [0.3, 0.4) is 0 Å². The van der Waals surface area contributed by atoms with Gasteiger partial charge in [0, 0.05) is 11.1 Å². The minimum atomic E-state index is 0.160. The molecule has 0 aromatic heterocycles. The third kappa shape index (κ3) is 7.06. The Morgan fingerprint density at radius 1 is 0.800 bits per heavy atom. The molecule has 1 aliphatic rings. The molecule has 2 heteroatoms. The van der Waals surface area contributed by atoms with Gasteiger partial charge >= 0.3 is 0 Å². The Bertz CT molecular complexity index is 701. The topological polar surface area (TPSA) is 29.5 Å². The highest BCUT2D eigenvalue weighted by Crippen LogP contribution is 2.40. The number of hydrogen-bond donors (Lipinski definition) is 1. The molecule has 30 heavy (non-hydrogen) atoms. The average Bonchev–Trinajstić information content (AvgIpc) is 2.70. The average molecular weight is 415 g/mol. The molecule has 3 atom stereocenters. The van der Waals surface area contributed by atoms with Crippen molar-refractivity contribution in [3.05, 3.63) is 28.3 Å². The number of benzene rings is 1. The fourth-order valence-electron chi connectivity index (χ4n) is 4.68. The van der Waals surface area contributed by atoms with Crippen LogP contribution >= 0.6 is 0 Å². The summed E-state index contributed by atoms with van der Waals surface area (Å²) in [4.78, 5) is 0. The van der Waals surface area contributed by atoms with E-state index in [9.17, 15) is 5.11 Å². The zero-order valence-corrected chi connectivity index (χ0v) is 20.7. The molecular weight excluding hydrogens is 368 g/mol. The van der Waals surface area contributed by atoms with Crippen LogP contribution in [0.5, 0.6) is 11.5 Å². The maximum Gasteiger partial charge on any atom is 0.131 e. The van der Waals surface area contributed by atoms with Gasteiger partial charge in [-0.25, -0.2) is 0 Å². The minimum absolute atomic E-state index is 0.160. The monoisotopic (exact) mass is 414 g/mol.